The fourth-order valence-electron chi connectivity index (χ4n) is 4.69. The van der Waals surface area contributed by atoms with Crippen LogP contribution in [0.15, 0.2) is 48.9 Å². The fraction of sp³-hybridized carbons (Fsp3) is 0.435. The molecule has 0 unspecified atom stereocenters. The normalized spacial score (nSPS) is 22.6. The molecule has 30 heavy (non-hydrogen) atoms. The Hall–Kier alpha value is -2.77. The summed E-state index contributed by atoms with van der Waals surface area (Å²) in [4.78, 5) is 26.2. The maximum atomic E-state index is 13.1. The molecule has 7 heteroatoms. The van der Waals surface area contributed by atoms with Gasteiger partial charge in [-0.1, -0.05) is 36.8 Å². The molecule has 156 valence electrons. The van der Waals surface area contributed by atoms with E-state index in [9.17, 15) is 9.90 Å². The molecule has 2 aliphatic rings. The number of aromatic nitrogens is 3. The van der Waals surface area contributed by atoms with Gasteiger partial charge in [0.1, 0.15) is 5.52 Å². The molecule has 2 atom stereocenters. The Bertz CT molecular complexity index is 1030. The number of hydrogen-bond donors (Lipinski definition) is 1. The second kappa shape index (κ2) is 8.16. The zero-order valence-electron chi connectivity index (χ0n) is 17.0. The SMILES string of the molecule is O=C(c1cnc2c(c1)ncn2Cc1ccccc1)N1C[C@H](O)[C@@H](N2CCCCC2)C1. The highest BCUT2D eigenvalue weighted by Crippen LogP contribution is 2.23. The van der Waals surface area contributed by atoms with Crippen molar-refractivity contribution in [1.82, 2.24) is 24.3 Å². The molecule has 4 heterocycles. The van der Waals surface area contributed by atoms with Crippen LogP contribution in [-0.4, -0.2) is 73.7 Å². The van der Waals surface area contributed by atoms with Crippen LogP contribution in [-0.2, 0) is 6.54 Å². The number of β-amino-alcohol motifs (C(OH)–C–C–N with tert-alkyl or cyclic N) is 1. The second-order valence-corrected chi connectivity index (χ2v) is 8.37. The minimum atomic E-state index is -0.492. The fourth-order valence-corrected chi connectivity index (χ4v) is 4.69. The van der Waals surface area contributed by atoms with Gasteiger partial charge in [-0.25, -0.2) is 9.97 Å². The van der Waals surface area contributed by atoms with Gasteiger partial charge in [0, 0.05) is 19.3 Å². The third-order valence-corrected chi connectivity index (χ3v) is 6.30. The Morgan fingerprint density at radius 2 is 1.87 bits per heavy atom. The summed E-state index contributed by atoms with van der Waals surface area (Å²) in [5.74, 6) is -0.0828. The number of rotatable bonds is 4. The van der Waals surface area contributed by atoms with E-state index >= 15 is 0 Å². The summed E-state index contributed by atoms with van der Waals surface area (Å²) >= 11 is 0. The van der Waals surface area contributed by atoms with Crippen LogP contribution < -0.4 is 0 Å². The quantitative estimate of drug-likeness (QED) is 0.720. The van der Waals surface area contributed by atoms with Crippen LogP contribution in [0, 0.1) is 0 Å². The number of pyridine rings is 1. The van der Waals surface area contributed by atoms with Crippen LogP contribution in [0.4, 0.5) is 0 Å². The first-order valence-electron chi connectivity index (χ1n) is 10.8. The monoisotopic (exact) mass is 405 g/mol. The second-order valence-electron chi connectivity index (χ2n) is 8.37. The van der Waals surface area contributed by atoms with Crippen LogP contribution in [0.1, 0.15) is 35.2 Å². The van der Waals surface area contributed by atoms with Gasteiger partial charge in [0.05, 0.1) is 30.6 Å². The Kier molecular flexibility index (Phi) is 5.23. The lowest BCUT2D eigenvalue weighted by Crippen LogP contribution is -2.46. The lowest BCUT2D eigenvalue weighted by Gasteiger charge is -2.33. The lowest BCUT2D eigenvalue weighted by molar-refractivity contribution is 0.0702. The molecule has 0 saturated carbocycles. The molecule has 1 aromatic carbocycles. The number of aliphatic hydroxyl groups excluding tert-OH is 1. The number of imidazole rings is 1. The van der Waals surface area contributed by atoms with Crippen molar-refractivity contribution < 1.29 is 9.90 Å². The Balaban J connectivity index is 1.32. The summed E-state index contributed by atoms with van der Waals surface area (Å²) in [6.07, 6.45) is 6.50. The van der Waals surface area contributed by atoms with Crippen molar-refractivity contribution in [3.05, 3.63) is 60.0 Å². The average Bonchev–Trinajstić information content (AvgIpc) is 3.37. The summed E-state index contributed by atoms with van der Waals surface area (Å²) in [6, 6.07) is 12.0. The third-order valence-electron chi connectivity index (χ3n) is 6.30. The minimum Gasteiger partial charge on any atom is -0.390 e. The topological polar surface area (TPSA) is 74.5 Å². The van der Waals surface area contributed by atoms with Gasteiger partial charge in [-0.2, -0.15) is 0 Å². The number of fused-ring (bicyclic) bond motifs is 1. The summed E-state index contributed by atoms with van der Waals surface area (Å²) < 4.78 is 1.99. The van der Waals surface area contributed by atoms with Gasteiger partial charge in [-0.05, 0) is 37.6 Å². The molecule has 3 aromatic rings. The van der Waals surface area contributed by atoms with E-state index in [1.807, 2.05) is 28.8 Å². The van der Waals surface area contributed by atoms with Gasteiger partial charge >= 0.3 is 0 Å². The van der Waals surface area contributed by atoms with E-state index in [-0.39, 0.29) is 11.9 Å². The van der Waals surface area contributed by atoms with Gasteiger partial charge in [-0.3, -0.25) is 9.69 Å². The van der Waals surface area contributed by atoms with Crippen LogP contribution in [0.3, 0.4) is 0 Å². The average molecular weight is 406 g/mol. The highest BCUT2D eigenvalue weighted by Gasteiger charge is 2.38. The number of hydrogen-bond acceptors (Lipinski definition) is 5. The minimum absolute atomic E-state index is 0.0380. The third kappa shape index (κ3) is 3.70. The van der Waals surface area contributed by atoms with E-state index in [0.717, 1.165) is 18.7 Å². The number of aliphatic hydroxyl groups is 1. The van der Waals surface area contributed by atoms with Gasteiger partial charge in [-0.15, -0.1) is 0 Å². The number of benzene rings is 1. The molecule has 2 aliphatic heterocycles. The maximum absolute atomic E-state index is 13.1. The van der Waals surface area contributed by atoms with E-state index < -0.39 is 6.10 Å². The number of nitrogens with zero attached hydrogens (tertiary/aromatic N) is 5. The standard InChI is InChI=1S/C23H27N5O2/c29-21-15-27(14-20(21)26-9-5-2-6-10-26)23(30)18-11-19-22(24-12-18)28(16-25-19)13-17-7-3-1-4-8-17/h1,3-4,7-8,11-12,16,20-21,29H,2,5-6,9-10,13-15H2/t20-,21-/m0/s1. The zero-order valence-corrected chi connectivity index (χ0v) is 17.0. The highest BCUT2D eigenvalue weighted by molar-refractivity contribution is 5.96. The van der Waals surface area contributed by atoms with Crippen molar-refractivity contribution in [2.24, 2.45) is 0 Å². The van der Waals surface area contributed by atoms with E-state index in [2.05, 4.69) is 27.0 Å². The molecule has 2 aromatic heterocycles. The van der Waals surface area contributed by atoms with Crippen LogP contribution in [0.25, 0.3) is 11.2 Å². The molecule has 1 N–H and O–H groups in total. The van der Waals surface area contributed by atoms with Crippen molar-refractivity contribution in [2.75, 3.05) is 26.2 Å². The predicted molar refractivity (Wildman–Crippen MR) is 114 cm³/mol. The maximum Gasteiger partial charge on any atom is 0.255 e. The van der Waals surface area contributed by atoms with E-state index in [1.54, 1.807) is 17.4 Å². The Morgan fingerprint density at radius 1 is 1.07 bits per heavy atom. The smallest absolute Gasteiger partial charge is 0.255 e. The van der Waals surface area contributed by atoms with Crippen LogP contribution in [0.5, 0.6) is 0 Å². The first-order chi connectivity index (χ1) is 14.7. The molecular weight excluding hydrogens is 378 g/mol. The molecular formula is C23H27N5O2. The summed E-state index contributed by atoms with van der Waals surface area (Å²) in [5, 5.41) is 10.6. The van der Waals surface area contributed by atoms with Gasteiger partial charge in [0.25, 0.3) is 5.91 Å². The van der Waals surface area contributed by atoms with Crippen molar-refractivity contribution in [1.29, 1.82) is 0 Å². The molecule has 5 rings (SSSR count). The summed E-state index contributed by atoms with van der Waals surface area (Å²) in [6.45, 7) is 3.65. The molecule has 0 aliphatic carbocycles. The number of piperidine rings is 1. The highest BCUT2D eigenvalue weighted by atomic mass is 16.3. The first-order valence-corrected chi connectivity index (χ1v) is 10.8. The number of carbonyl (C=O) groups excluding carboxylic acids is 1. The summed E-state index contributed by atoms with van der Waals surface area (Å²) in [5.41, 5.74) is 3.18. The van der Waals surface area contributed by atoms with Gasteiger partial charge in [0.2, 0.25) is 0 Å². The number of carbonyl (C=O) groups is 1. The molecule has 2 saturated heterocycles. The zero-order chi connectivity index (χ0) is 20.5. The van der Waals surface area contributed by atoms with E-state index in [0.29, 0.717) is 30.7 Å². The first kappa shape index (κ1) is 19.2. The van der Waals surface area contributed by atoms with Crippen LogP contribution in [0.2, 0.25) is 0 Å². The van der Waals surface area contributed by atoms with Crippen molar-refractivity contribution in [3.8, 4) is 0 Å². The van der Waals surface area contributed by atoms with E-state index in [4.69, 9.17) is 0 Å². The molecule has 1 amide bonds. The molecule has 0 bridgehead atoms. The van der Waals surface area contributed by atoms with Crippen molar-refractivity contribution >= 4 is 17.1 Å². The number of likely N-dealkylation sites (tertiary alicyclic amines) is 2. The molecule has 7 nitrogen and oxygen atoms in total. The Morgan fingerprint density at radius 3 is 2.67 bits per heavy atom. The van der Waals surface area contributed by atoms with Crippen molar-refractivity contribution in [3.63, 3.8) is 0 Å². The molecule has 0 radical (unpaired) electrons. The molecule has 2 fully saturated rings. The predicted octanol–water partition coefficient (Wildman–Crippen LogP) is 2.15. The van der Waals surface area contributed by atoms with E-state index in [1.165, 1.54) is 24.8 Å². The summed E-state index contributed by atoms with van der Waals surface area (Å²) in [7, 11) is 0. The molecule has 0 spiro atoms. The Labute approximate surface area is 176 Å². The number of amides is 1. The van der Waals surface area contributed by atoms with Gasteiger partial charge in [0.15, 0.2) is 5.65 Å². The van der Waals surface area contributed by atoms with Gasteiger partial charge < -0.3 is 14.6 Å². The largest absolute Gasteiger partial charge is 0.390 e. The van der Waals surface area contributed by atoms with Crippen molar-refractivity contribution in [2.45, 2.75) is 38.0 Å². The van der Waals surface area contributed by atoms with Crippen LogP contribution >= 0.6 is 0 Å². The lowest BCUT2D eigenvalue weighted by atomic mass is 10.1.